The van der Waals surface area contributed by atoms with Crippen molar-refractivity contribution >= 4 is 32.7 Å². The zero-order chi connectivity index (χ0) is 37.0. The number of hydrogen-bond acceptors (Lipinski definition) is 5. The Balaban J connectivity index is 0.00000410. The Bertz CT molecular complexity index is 3090. The van der Waals surface area contributed by atoms with E-state index in [-0.39, 0.29) is 26.8 Å². The normalized spacial score (nSPS) is 11.3. The Morgan fingerprint density at radius 2 is 1.09 bits per heavy atom. The second kappa shape index (κ2) is 14.3. The molecular weight excluding hydrogens is 872 g/mol. The van der Waals surface area contributed by atoms with E-state index in [2.05, 4.69) is 72.8 Å². The van der Waals surface area contributed by atoms with Crippen molar-refractivity contribution in [3.63, 3.8) is 0 Å². The third-order valence-corrected chi connectivity index (χ3v) is 10.3. The summed E-state index contributed by atoms with van der Waals surface area (Å²) in [7, 11) is 0. The first-order valence-corrected chi connectivity index (χ1v) is 18.3. The van der Waals surface area contributed by atoms with Gasteiger partial charge in [-0.2, -0.15) is 0 Å². The third kappa shape index (κ3) is 6.20. The number of aryl methyl sites for hydroxylation is 2. The first-order chi connectivity index (χ1) is 27.0. The SMILES string of the molecule is Cc1cc(-c2oc(-c3ccc4c(c3)oc3ccccc34)c3ccccc23)cc(-c2[c-]c(-c3cc(-c4ccccc4)cc(-c4cccc(C)c4O)n3)ccc2)n1.[Pt]. The van der Waals surface area contributed by atoms with Crippen LogP contribution in [0, 0.1) is 19.9 Å². The molecule has 10 rings (SSSR count). The summed E-state index contributed by atoms with van der Waals surface area (Å²) in [6.07, 6.45) is 0. The van der Waals surface area contributed by atoms with Gasteiger partial charge in [0.1, 0.15) is 28.4 Å². The molecule has 56 heavy (non-hydrogen) atoms. The van der Waals surface area contributed by atoms with Gasteiger partial charge in [-0.15, -0.1) is 24.3 Å². The Labute approximate surface area is 338 Å². The third-order valence-electron chi connectivity index (χ3n) is 10.3. The maximum Gasteiger partial charge on any atom is 0.142 e. The second-order valence-corrected chi connectivity index (χ2v) is 13.9. The molecule has 10 aromatic rings. The maximum absolute atomic E-state index is 11.0. The Morgan fingerprint density at radius 3 is 1.88 bits per heavy atom. The minimum Gasteiger partial charge on any atom is -0.507 e. The van der Waals surface area contributed by atoms with Gasteiger partial charge >= 0.3 is 0 Å². The maximum atomic E-state index is 11.0. The van der Waals surface area contributed by atoms with Crippen LogP contribution in [-0.4, -0.2) is 15.1 Å². The van der Waals surface area contributed by atoms with Crippen molar-refractivity contribution in [2.75, 3.05) is 0 Å². The monoisotopic (exact) mass is 904 g/mol. The standard InChI is InChI=1S/C50H33N2O3.Pt/c1-30-12-10-20-42(48(30)53)45-27-36(32-13-4-3-5-14-32)26-44(52-45)34-16-11-15-33(25-34)43-28-37(24-31(2)51-43)50-41-19-7-6-18-40(41)49(55-50)35-22-23-39-38-17-8-9-21-46(38)54-47(39)29-35;/h3-24,26-29,53H,1-2H3;/q-1;. The van der Waals surface area contributed by atoms with Crippen molar-refractivity contribution in [1.29, 1.82) is 0 Å². The summed E-state index contributed by atoms with van der Waals surface area (Å²) in [5, 5.41) is 15.3. The number of phenols is 1. The van der Waals surface area contributed by atoms with Gasteiger partial charge in [0.05, 0.1) is 5.69 Å². The summed E-state index contributed by atoms with van der Waals surface area (Å²) < 4.78 is 13.1. The summed E-state index contributed by atoms with van der Waals surface area (Å²) in [5.41, 5.74) is 11.8. The molecule has 0 amide bonds. The van der Waals surface area contributed by atoms with Gasteiger partial charge in [-0.25, -0.2) is 0 Å². The van der Waals surface area contributed by atoms with E-state index in [4.69, 9.17) is 18.8 Å². The first-order valence-electron chi connectivity index (χ1n) is 18.3. The Hall–Kier alpha value is -6.55. The molecule has 0 aliphatic carbocycles. The number of pyridine rings is 2. The van der Waals surface area contributed by atoms with E-state index < -0.39 is 0 Å². The first kappa shape index (κ1) is 35.2. The van der Waals surface area contributed by atoms with Crippen LogP contribution in [0.3, 0.4) is 0 Å². The van der Waals surface area contributed by atoms with E-state index in [9.17, 15) is 5.11 Å². The minimum absolute atomic E-state index is 0. The average molecular weight is 905 g/mol. The molecule has 0 atom stereocenters. The molecule has 4 heterocycles. The predicted molar refractivity (Wildman–Crippen MR) is 222 cm³/mol. The number of benzene rings is 6. The van der Waals surface area contributed by atoms with Gasteiger partial charge in [-0.05, 0) is 66.9 Å². The summed E-state index contributed by atoms with van der Waals surface area (Å²) in [5.74, 6) is 1.79. The van der Waals surface area contributed by atoms with E-state index in [0.717, 1.165) is 100 Å². The van der Waals surface area contributed by atoms with E-state index in [1.54, 1.807) is 0 Å². The van der Waals surface area contributed by atoms with E-state index in [0.29, 0.717) is 11.3 Å². The van der Waals surface area contributed by atoms with Crippen LogP contribution < -0.4 is 0 Å². The summed E-state index contributed by atoms with van der Waals surface area (Å²) >= 11 is 0. The second-order valence-electron chi connectivity index (χ2n) is 13.9. The molecule has 4 aromatic heterocycles. The molecule has 1 N–H and O–H groups in total. The summed E-state index contributed by atoms with van der Waals surface area (Å²) in [6.45, 7) is 3.90. The van der Waals surface area contributed by atoms with E-state index in [1.807, 2.05) is 105 Å². The van der Waals surface area contributed by atoms with Crippen LogP contribution in [0.5, 0.6) is 5.75 Å². The number of nitrogens with zero attached hydrogens (tertiary/aromatic N) is 2. The quantitative estimate of drug-likeness (QED) is 0.168. The molecule has 0 aliphatic rings. The van der Waals surface area contributed by atoms with Crippen molar-refractivity contribution in [3.8, 4) is 73.3 Å². The predicted octanol–water partition coefficient (Wildman–Crippen LogP) is 13.2. The Kier molecular flexibility index (Phi) is 8.96. The van der Waals surface area contributed by atoms with Crippen molar-refractivity contribution < 1.29 is 35.0 Å². The minimum atomic E-state index is 0. The van der Waals surface area contributed by atoms with Crippen molar-refractivity contribution in [3.05, 3.63) is 175 Å². The molecule has 0 fully saturated rings. The molecule has 0 saturated heterocycles. The molecule has 0 saturated carbocycles. The molecule has 6 heteroatoms. The zero-order valence-corrected chi connectivity index (χ0v) is 32.8. The average Bonchev–Trinajstić information content (AvgIpc) is 3.80. The number of aromatic hydroxyl groups is 1. The van der Waals surface area contributed by atoms with Crippen LogP contribution in [0.1, 0.15) is 11.3 Å². The van der Waals surface area contributed by atoms with E-state index in [1.165, 1.54) is 0 Å². The number of fused-ring (bicyclic) bond motifs is 4. The van der Waals surface area contributed by atoms with E-state index >= 15 is 0 Å². The fourth-order valence-corrected chi connectivity index (χ4v) is 7.56. The summed E-state index contributed by atoms with van der Waals surface area (Å²) in [4.78, 5) is 10.1. The Morgan fingerprint density at radius 1 is 0.464 bits per heavy atom. The number of furan rings is 2. The number of para-hydroxylation sites is 2. The van der Waals surface area contributed by atoms with Crippen LogP contribution in [0.25, 0.3) is 100 Å². The van der Waals surface area contributed by atoms with Crippen LogP contribution in [-0.2, 0) is 21.1 Å². The molecule has 0 aliphatic heterocycles. The van der Waals surface area contributed by atoms with Crippen molar-refractivity contribution in [2.24, 2.45) is 0 Å². The van der Waals surface area contributed by atoms with Gasteiger partial charge in [0.2, 0.25) is 0 Å². The largest absolute Gasteiger partial charge is 0.507 e. The topological polar surface area (TPSA) is 72.3 Å². The molecule has 6 aromatic carbocycles. The van der Waals surface area contributed by atoms with Gasteiger partial charge in [-0.1, -0.05) is 114 Å². The van der Waals surface area contributed by atoms with Gasteiger partial charge in [-0.3, -0.25) is 9.97 Å². The molecular formula is C50H33N2O3Pt-. The van der Waals surface area contributed by atoms with Gasteiger partial charge in [0.25, 0.3) is 0 Å². The molecule has 0 radical (unpaired) electrons. The molecule has 5 nitrogen and oxygen atoms in total. The van der Waals surface area contributed by atoms with Crippen molar-refractivity contribution in [2.45, 2.75) is 13.8 Å². The number of hydrogen-bond donors (Lipinski definition) is 1. The van der Waals surface area contributed by atoms with Crippen LogP contribution in [0.4, 0.5) is 0 Å². The zero-order valence-electron chi connectivity index (χ0n) is 30.5. The fourth-order valence-electron chi connectivity index (χ4n) is 7.56. The van der Waals surface area contributed by atoms with Crippen molar-refractivity contribution in [1.82, 2.24) is 9.97 Å². The summed E-state index contributed by atoms with van der Waals surface area (Å²) in [6, 6.07) is 56.6. The smallest absolute Gasteiger partial charge is 0.142 e. The van der Waals surface area contributed by atoms with Crippen LogP contribution >= 0.6 is 0 Å². The van der Waals surface area contributed by atoms with Crippen LogP contribution in [0.2, 0.25) is 0 Å². The number of phenolic OH excluding ortho intramolecular Hbond substituents is 1. The fraction of sp³-hybridized carbons (Fsp3) is 0.0400. The van der Waals surface area contributed by atoms with Gasteiger partial charge in [0, 0.05) is 76.4 Å². The molecule has 272 valence electrons. The molecule has 0 spiro atoms. The number of aromatic nitrogens is 2. The van der Waals surface area contributed by atoms with Crippen LogP contribution in [0.15, 0.2) is 167 Å². The van der Waals surface area contributed by atoms with Gasteiger partial charge in [0.15, 0.2) is 0 Å². The number of rotatable bonds is 6. The molecule has 0 bridgehead atoms. The molecule has 0 unspecified atom stereocenters. The van der Waals surface area contributed by atoms with Gasteiger partial charge < -0.3 is 13.9 Å².